The molecule has 22 heavy (non-hydrogen) atoms. The lowest BCUT2D eigenvalue weighted by atomic mass is 10.1. The van der Waals surface area contributed by atoms with Gasteiger partial charge in [-0.25, -0.2) is 0 Å². The molecule has 4 heterocycles. The lowest BCUT2D eigenvalue weighted by Crippen LogP contribution is -2.63. The molecule has 2 N–H and O–H groups in total. The van der Waals surface area contributed by atoms with Gasteiger partial charge in [0.05, 0.1) is 0 Å². The number of nitrogens with zero attached hydrogens (tertiary/aromatic N) is 4. The summed E-state index contributed by atoms with van der Waals surface area (Å²) in [5.41, 5.74) is 0. The molecule has 2 bridgehead atoms. The lowest BCUT2D eigenvalue weighted by Gasteiger charge is -2.47. The summed E-state index contributed by atoms with van der Waals surface area (Å²) >= 11 is 0. The molecule has 0 spiro atoms. The standard InChI is InChI=1S/C16H32N6/c1-17-16(18-5-8-20-6-3-2-4-7-20)19-13-15-14-21-9-11-22(15)12-10-21/h15H,2-14H2,1H3,(H2,17,18,19). The Bertz CT molecular complexity index is 358. The molecule has 0 radical (unpaired) electrons. The van der Waals surface area contributed by atoms with Crippen molar-refractivity contribution in [3.63, 3.8) is 0 Å². The molecule has 4 rings (SSSR count). The van der Waals surface area contributed by atoms with Gasteiger partial charge in [0.2, 0.25) is 0 Å². The van der Waals surface area contributed by atoms with E-state index in [-0.39, 0.29) is 0 Å². The molecule has 0 aromatic carbocycles. The predicted molar refractivity (Wildman–Crippen MR) is 91.5 cm³/mol. The molecule has 0 aromatic rings. The lowest BCUT2D eigenvalue weighted by molar-refractivity contribution is 0.0154. The average molecular weight is 308 g/mol. The topological polar surface area (TPSA) is 46.1 Å². The van der Waals surface area contributed by atoms with Crippen LogP contribution in [0.2, 0.25) is 0 Å². The molecule has 126 valence electrons. The summed E-state index contributed by atoms with van der Waals surface area (Å²) in [5, 5.41) is 6.98. The van der Waals surface area contributed by atoms with Crippen LogP contribution in [0.3, 0.4) is 0 Å². The van der Waals surface area contributed by atoms with Crippen LogP contribution in [0.5, 0.6) is 0 Å². The first kappa shape index (κ1) is 16.0. The van der Waals surface area contributed by atoms with Crippen molar-refractivity contribution in [2.24, 2.45) is 4.99 Å². The molecule has 1 unspecified atom stereocenters. The largest absolute Gasteiger partial charge is 0.355 e. The summed E-state index contributed by atoms with van der Waals surface area (Å²) in [6.45, 7) is 11.8. The summed E-state index contributed by atoms with van der Waals surface area (Å²) in [7, 11) is 1.87. The summed E-state index contributed by atoms with van der Waals surface area (Å²) < 4.78 is 0. The van der Waals surface area contributed by atoms with E-state index < -0.39 is 0 Å². The van der Waals surface area contributed by atoms with Gasteiger partial charge in [-0.2, -0.15) is 0 Å². The van der Waals surface area contributed by atoms with E-state index >= 15 is 0 Å². The van der Waals surface area contributed by atoms with E-state index in [1.54, 1.807) is 0 Å². The Morgan fingerprint density at radius 3 is 2.41 bits per heavy atom. The first-order chi connectivity index (χ1) is 10.8. The Labute approximate surface area is 134 Å². The number of piperidine rings is 1. The molecule has 0 saturated carbocycles. The normalized spacial score (nSPS) is 33.0. The molecular weight excluding hydrogens is 276 g/mol. The van der Waals surface area contributed by atoms with Gasteiger partial charge < -0.3 is 15.5 Å². The fourth-order valence-electron chi connectivity index (χ4n) is 3.87. The Morgan fingerprint density at radius 1 is 1.00 bits per heavy atom. The van der Waals surface area contributed by atoms with E-state index in [1.807, 2.05) is 7.05 Å². The van der Waals surface area contributed by atoms with Crippen molar-refractivity contribution >= 4 is 5.96 Å². The number of likely N-dealkylation sites (tertiary alicyclic amines) is 1. The van der Waals surface area contributed by atoms with Crippen molar-refractivity contribution in [1.29, 1.82) is 0 Å². The second-order valence-electron chi connectivity index (χ2n) is 6.77. The predicted octanol–water partition coefficient (Wildman–Crippen LogP) is -0.363. The molecule has 4 aliphatic rings. The third-order valence-corrected chi connectivity index (χ3v) is 5.29. The molecule has 4 fully saturated rings. The number of fused-ring (bicyclic) bond motifs is 3. The highest BCUT2D eigenvalue weighted by Crippen LogP contribution is 2.14. The second kappa shape index (κ2) is 8.13. The average Bonchev–Trinajstić information content (AvgIpc) is 2.60. The van der Waals surface area contributed by atoms with Gasteiger partial charge in [0.25, 0.3) is 0 Å². The monoisotopic (exact) mass is 308 g/mol. The van der Waals surface area contributed by atoms with Crippen LogP contribution in [0, 0.1) is 0 Å². The third-order valence-electron chi connectivity index (χ3n) is 5.29. The van der Waals surface area contributed by atoms with Crippen LogP contribution in [0.15, 0.2) is 4.99 Å². The van der Waals surface area contributed by atoms with E-state index in [0.29, 0.717) is 6.04 Å². The maximum atomic E-state index is 4.36. The maximum absolute atomic E-state index is 4.36. The zero-order chi connectivity index (χ0) is 15.2. The Morgan fingerprint density at radius 2 is 1.77 bits per heavy atom. The van der Waals surface area contributed by atoms with E-state index in [2.05, 4.69) is 30.3 Å². The number of hydrogen-bond donors (Lipinski definition) is 2. The van der Waals surface area contributed by atoms with Crippen molar-refractivity contribution in [1.82, 2.24) is 25.3 Å². The molecule has 4 aliphatic heterocycles. The van der Waals surface area contributed by atoms with E-state index in [4.69, 9.17) is 0 Å². The molecule has 6 nitrogen and oxygen atoms in total. The Hall–Kier alpha value is -0.850. The molecule has 0 aromatic heterocycles. The SMILES string of the molecule is CN=C(NCCN1CCCCC1)NCC1CN2CCN1CC2. The highest BCUT2D eigenvalue weighted by molar-refractivity contribution is 5.79. The maximum Gasteiger partial charge on any atom is 0.191 e. The highest BCUT2D eigenvalue weighted by atomic mass is 15.4. The first-order valence-electron chi connectivity index (χ1n) is 8.98. The van der Waals surface area contributed by atoms with E-state index in [1.165, 1.54) is 65.1 Å². The van der Waals surface area contributed by atoms with Crippen molar-refractivity contribution in [3.05, 3.63) is 0 Å². The van der Waals surface area contributed by atoms with E-state index in [0.717, 1.165) is 25.6 Å². The van der Waals surface area contributed by atoms with Gasteiger partial charge in [-0.05, 0) is 25.9 Å². The molecule has 4 saturated heterocycles. The Balaban J connectivity index is 1.33. The highest BCUT2D eigenvalue weighted by Gasteiger charge is 2.31. The molecule has 6 heteroatoms. The zero-order valence-corrected chi connectivity index (χ0v) is 14.1. The number of aliphatic imine (C=N–C) groups is 1. The van der Waals surface area contributed by atoms with Gasteiger partial charge >= 0.3 is 0 Å². The molecular formula is C16H32N6. The van der Waals surface area contributed by atoms with Crippen molar-refractivity contribution < 1.29 is 0 Å². The van der Waals surface area contributed by atoms with Crippen LogP contribution in [0.1, 0.15) is 19.3 Å². The summed E-state index contributed by atoms with van der Waals surface area (Å²) in [4.78, 5) is 12.1. The van der Waals surface area contributed by atoms with Crippen LogP contribution in [-0.2, 0) is 0 Å². The van der Waals surface area contributed by atoms with Gasteiger partial charge in [0.15, 0.2) is 5.96 Å². The minimum atomic E-state index is 0.642. The molecule has 0 aliphatic carbocycles. The number of rotatable bonds is 5. The summed E-state index contributed by atoms with van der Waals surface area (Å²) in [6, 6.07) is 0.642. The Kier molecular flexibility index (Phi) is 5.92. The molecule has 0 amide bonds. The second-order valence-corrected chi connectivity index (χ2v) is 6.77. The first-order valence-corrected chi connectivity index (χ1v) is 8.98. The minimum Gasteiger partial charge on any atom is -0.355 e. The van der Waals surface area contributed by atoms with E-state index in [9.17, 15) is 0 Å². The summed E-state index contributed by atoms with van der Waals surface area (Å²) in [5.74, 6) is 0.953. The smallest absolute Gasteiger partial charge is 0.191 e. The van der Waals surface area contributed by atoms with Crippen LogP contribution in [-0.4, -0.2) is 99.2 Å². The van der Waals surface area contributed by atoms with Crippen LogP contribution >= 0.6 is 0 Å². The van der Waals surface area contributed by atoms with Crippen LogP contribution < -0.4 is 10.6 Å². The molecule has 1 atom stereocenters. The zero-order valence-electron chi connectivity index (χ0n) is 14.1. The number of guanidine groups is 1. The van der Waals surface area contributed by atoms with Crippen molar-refractivity contribution in [3.8, 4) is 0 Å². The van der Waals surface area contributed by atoms with Gasteiger partial charge in [-0.3, -0.25) is 14.8 Å². The fourth-order valence-corrected chi connectivity index (χ4v) is 3.87. The van der Waals surface area contributed by atoms with Gasteiger partial charge in [0.1, 0.15) is 0 Å². The van der Waals surface area contributed by atoms with Crippen molar-refractivity contribution in [2.45, 2.75) is 25.3 Å². The quantitative estimate of drug-likeness (QED) is 0.536. The van der Waals surface area contributed by atoms with Gasteiger partial charge in [-0.1, -0.05) is 6.42 Å². The van der Waals surface area contributed by atoms with Gasteiger partial charge in [-0.15, -0.1) is 0 Å². The minimum absolute atomic E-state index is 0.642. The fraction of sp³-hybridized carbons (Fsp3) is 0.938. The van der Waals surface area contributed by atoms with Gasteiger partial charge in [0, 0.05) is 65.4 Å². The van der Waals surface area contributed by atoms with Crippen LogP contribution in [0.4, 0.5) is 0 Å². The van der Waals surface area contributed by atoms with Crippen LogP contribution in [0.25, 0.3) is 0 Å². The van der Waals surface area contributed by atoms with Crippen molar-refractivity contribution in [2.75, 3.05) is 72.5 Å². The third kappa shape index (κ3) is 4.33. The summed E-state index contributed by atoms with van der Waals surface area (Å²) in [6.07, 6.45) is 4.13. The number of piperazine rings is 3. The number of nitrogens with one attached hydrogen (secondary N) is 2. The number of hydrogen-bond acceptors (Lipinski definition) is 4.